The van der Waals surface area contributed by atoms with E-state index in [1.165, 1.54) is 24.3 Å². The van der Waals surface area contributed by atoms with Crippen molar-refractivity contribution in [2.75, 3.05) is 0 Å². The van der Waals surface area contributed by atoms with Crippen LogP contribution < -0.4 is 0 Å². The number of Topliss-reactive ketones (excluding diaryl/α,β-unsaturated/α-hetero) is 1. The minimum Gasteiger partial charge on any atom is -0.373 e. The smallest absolute Gasteiger partial charge is 0.243 e. The van der Waals surface area contributed by atoms with Crippen molar-refractivity contribution >= 4 is 29.0 Å². The summed E-state index contributed by atoms with van der Waals surface area (Å²) < 4.78 is -2.32. The van der Waals surface area contributed by atoms with E-state index in [1.54, 1.807) is 42.5 Å². The molecule has 0 radical (unpaired) electrons. The fourth-order valence-corrected chi connectivity index (χ4v) is 2.40. The third-order valence-electron chi connectivity index (χ3n) is 3.15. The molecule has 0 amide bonds. The standard InChI is InChI=1S/C16H11Cl2NO2/c17-15(18,11-19)16(21,13-9-5-2-6-10-13)14(20)12-7-3-1-4-8-12/h1-10,21H. The van der Waals surface area contributed by atoms with Gasteiger partial charge in [-0.2, -0.15) is 5.26 Å². The van der Waals surface area contributed by atoms with Gasteiger partial charge in [0.1, 0.15) is 6.07 Å². The van der Waals surface area contributed by atoms with Gasteiger partial charge in [0.05, 0.1) is 0 Å². The van der Waals surface area contributed by atoms with Crippen LogP contribution in [0.2, 0.25) is 0 Å². The second-order valence-electron chi connectivity index (χ2n) is 4.46. The molecule has 1 atom stereocenters. The molecule has 0 heterocycles. The van der Waals surface area contributed by atoms with Crippen LogP contribution in [0, 0.1) is 11.3 Å². The highest BCUT2D eigenvalue weighted by Crippen LogP contribution is 2.43. The molecule has 0 aliphatic carbocycles. The molecule has 0 spiro atoms. The minimum absolute atomic E-state index is 0.158. The third kappa shape index (κ3) is 2.66. The summed E-state index contributed by atoms with van der Waals surface area (Å²) in [6.07, 6.45) is 0. The van der Waals surface area contributed by atoms with Gasteiger partial charge in [0.15, 0.2) is 5.60 Å². The highest BCUT2D eigenvalue weighted by Gasteiger charge is 2.56. The van der Waals surface area contributed by atoms with Gasteiger partial charge in [-0.05, 0) is 5.56 Å². The molecule has 2 rings (SSSR count). The number of halogens is 2. The molecule has 0 bridgehead atoms. The summed E-state index contributed by atoms with van der Waals surface area (Å²) in [4.78, 5) is 12.7. The largest absolute Gasteiger partial charge is 0.373 e. The maximum atomic E-state index is 12.7. The number of alkyl halides is 2. The Labute approximate surface area is 132 Å². The average Bonchev–Trinajstić information content (AvgIpc) is 2.54. The quantitative estimate of drug-likeness (QED) is 0.693. The van der Waals surface area contributed by atoms with E-state index in [-0.39, 0.29) is 11.1 Å². The van der Waals surface area contributed by atoms with Crippen molar-refractivity contribution in [2.24, 2.45) is 0 Å². The fraction of sp³-hybridized carbons (Fsp3) is 0.125. The van der Waals surface area contributed by atoms with E-state index in [4.69, 9.17) is 28.5 Å². The molecule has 0 saturated heterocycles. The summed E-state index contributed by atoms with van der Waals surface area (Å²) >= 11 is 11.9. The molecule has 0 aliphatic rings. The van der Waals surface area contributed by atoms with Crippen molar-refractivity contribution in [2.45, 2.75) is 9.93 Å². The van der Waals surface area contributed by atoms with Crippen LogP contribution in [0.25, 0.3) is 0 Å². The summed E-state index contributed by atoms with van der Waals surface area (Å²) in [7, 11) is 0. The summed E-state index contributed by atoms with van der Waals surface area (Å²) in [6, 6.07) is 17.6. The first-order chi connectivity index (χ1) is 9.93. The molecular formula is C16H11Cl2NO2. The van der Waals surface area contributed by atoms with Crippen LogP contribution >= 0.6 is 23.2 Å². The van der Waals surface area contributed by atoms with Crippen molar-refractivity contribution in [3.63, 3.8) is 0 Å². The van der Waals surface area contributed by atoms with Crippen molar-refractivity contribution in [1.29, 1.82) is 5.26 Å². The van der Waals surface area contributed by atoms with Gasteiger partial charge >= 0.3 is 0 Å². The van der Waals surface area contributed by atoms with Gasteiger partial charge < -0.3 is 5.11 Å². The number of hydrogen-bond acceptors (Lipinski definition) is 3. The summed E-state index contributed by atoms with van der Waals surface area (Å²) in [6.45, 7) is 0. The average molecular weight is 320 g/mol. The zero-order valence-electron chi connectivity index (χ0n) is 10.8. The molecule has 0 saturated carbocycles. The molecule has 0 aliphatic heterocycles. The Morgan fingerprint density at radius 1 is 1.00 bits per heavy atom. The normalized spacial score (nSPS) is 14.0. The summed E-state index contributed by atoms with van der Waals surface area (Å²) in [5, 5.41) is 20.1. The van der Waals surface area contributed by atoms with Crippen LogP contribution in [0.1, 0.15) is 15.9 Å². The van der Waals surface area contributed by atoms with E-state index in [2.05, 4.69) is 0 Å². The number of hydrogen-bond donors (Lipinski definition) is 1. The lowest BCUT2D eigenvalue weighted by atomic mass is 9.83. The first-order valence-corrected chi connectivity index (χ1v) is 6.86. The van der Waals surface area contributed by atoms with Crippen molar-refractivity contribution in [3.8, 4) is 6.07 Å². The molecule has 106 valence electrons. The molecule has 5 heteroatoms. The molecule has 0 fully saturated rings. The zero-order chi connectivity index (χ0) is 15.5. The van der Waals surface area contributed by atoms with Crippen molar-refractivity contribution < 1.29 is 9.90 Å². The Bertz CT molecular complexity index is 680. The summed E-state index contributed by atoms with van der Waals surface area (Å²) in [5.74, 6) is -0.735. The Kier molecular flexibility index (Phi) is 4.34. The minimum atomic E-state index is -2.37. The number of aliphatic hydroxyl groups is 1. The van der Waals surface area contributed by atoms with Gasteiger partial charge in [-0.1, -0.05) is 83.9 Å². The second kappa shape index (κ2) is 5.87. The van der Waals surface area contributed by atoms with Crippen LogP contribution in [-0.2, 0) is 5.60 Å². The van der Waals surface area contributed by atoms with E-state index in [1.807, 2.05) is 0 Å². The van der Waals surface area contributed by atoms with E-state index in [0.29, 0.717) is 0 Å². The predicted octanol–water partition coefficient (Wildman–Crippen LogP) is 3.45. The lowest BCUT2D eigenvalue weighted by molar-refractivity contribution is 0.0283. The number of nitrogens with zero attached hydrogens (tertiary/aromatic N) is 1. The first kappa shape index (κ1) is 15.5. The van der Waals surface area contributed by atoms with E-state index < -0.39 is 15.7 Å². The number of carbonyl (C=O) groups is 1. The Balaban J connectivity index is 2.64. The molecule has 2 aromatic rings. The predicted molar refractivity (Wildman–Crippen MR) is 81.2 cm³/mol. The van der Waals surface area contributed by atoms with E-state index >= 15 is 0 Å². The Morgan fingerprint density at radius 3 is 1.95 bits per heavy atom. The van der Waals surface area contributed by atoms with Gasteiger partial charge in [-0.25, -0.2) is 0 Å². The maximum Gasteiger partial charge on any atom is 0.243 e. The number of ketones is 1. The lowest BCUT2D eigenvalue weighted by Gasteiger charge is -2.33. The fourth-order valence-electron chi connectivity index (χ4n) is 2.01. The number of rotatable bonds is 4. The molecule has 21 heavy (non-hydrogen) atoms. The SMILES string of the molecule is N#CC(Cl)(Cl)C(O)(C(=O)c1ccccc1)c1ccccc1. The summed E-state index contributed by atoms with van der Waals surface area (Å²) in [5.41, 5.74) is -2.00. The molecule has 1 N–H and O–H groups in total. The van der Waals surface area contributed by atoms with Crippen LogP contribution in [-0.4, -0.2) is 15.2 Å². The van der Waals surface area contributed by atoms with Crippen LogP contribution in [0.4, 0.5) is 0 Å². The van der Waals surface area contributed by atoms with Gasteiger partial charge in [0, 0.05) is 5.56 Å². The Hall–Kier alpha value is -1.86. The van der Waals surface area contributed by atoms with Crippen molar-refractivity contribution in [3.05, 3.63) is 71.8 Å². The van der Waals surface area contributed by atoms with Crippen molar-refractivity contribution in [1.82, 2.24) is 0 Å². The van der Waals surface area contributed by atoms with Gasteiger partial charge in [0.25, 0.3) is 0 Å². The molecule has 3 nitrogen and oxygen atoms in total. The van der Waals surface area contributed by atoms with Gasteiger partial charge in [-0.3, -0.25) is 4.79 Å². The number of carbonyl (C=O) groups excluding carboxylic acids is 1. The molecule has 2 aromatic carbocycles. The van der Waals surface area contributed by atoms with E-state index in [9.17, 15) is 9.90 Å². The highest BCUT2D eigenvalue weighted by molar-refractivity contribution is 6.53. The van der Waals surface area contributed by atoms with Crippen LogP contribution in [0.3, 0.4) is 0 Å². The number of nitriles is 1. The highest BCUT2D eigenvalue weighted by atomic mass is 35.5. The lowest BCUT2D eigenvalue weighted by Crippen LogP contribution is -2.49. The molecular weight excluding hydrogens is 309 g/mol. The van der Waals surface area contributed by atoms with Gasteiger partial charge in [-0.15, -0.1) is 0 Å². The number of benzene rings is 2. The van der Waals surface area contributed by atoms with Crippen LogP contribution in [0.5, 0.6) is 0 Å². The monoisotopic (exact) mass is 319 g/mol. The van der Waals surface area contributed by atoms with Gasteiger partial charge in [0.2, 0.25) is 10.1 Å². The van der Waals surface area contributed by atoms with E-state index in [0.717, 1.165) is 0 Å². The third-order valence-corrected chi connectivity index (χ3v) is 3.87. The first-order valence-electron chi connectivity index (χ1n) is 6.10. The van der Waals surface area contributed by atoms with Crippen LogP contribution in [0.15, 0.2) is 60.7 Å². The maximum absolute atomic E-state index is 12.7. The topological polar surface area (TPSA) is 61.1 Å². The molecule has 1 unspecified atom stereocenters. The molecule has 0 aromatic heterocycles. The Morgan fingerprint density at radius 2 is 1.48 bits per heavy atom. The second-order valence-corrected chi connectivity index (χ2v) is 5.79. The zero-order valence-corrected chi connectivity index (χ0v) is 12.3.